The Bertz CT molecular complexity index is 596. The number of rotatable bonds is 5. The van der Waals surface area contributed by atoms with Crippen molar-refractivity contribution >= 4 is 23.6 Å². The van der Waals surface area contributed by atoms with Gasteiger partial charge in [0.1, 0.15) is 5.75 Å². The second-order valence-electron chi connectivity index (χ2n) is 4.49. The number of nitrogens with zero attached hydrogens (tertiary/aromatic N) is 1. The highest BCUT2D eigenvalue weighted by atomic mass is 35.5. The van der Waals surface area contributed by atoms with Crippen LogP contribution in [-0.4, -0.2) is 20.4 Å². The molecule has 2 rings (SSSR count). The largest absolute Gasteiger partial charge is 0.497 e. The monoisotopic (exact) mass is 289 g/mol. The molecule has 0 aliphatic rings. The zero-order valence-electron chi connectivity index (χ0n) is 11.5. The number of carbonyl (C=O) groups is 1. The number of carbonyl (C=O) groups excluding carboxylic acids is 1. The Morgan fingerprint density at radius 1 is 1.20 bits per heavy atom. The highest BCUT2D eigenvalue weighted by molar-refractivity contribution is 6.33. The van der Waals surface area contributed by atoms with E-state index < -0.39 is 0 Å². The Balaban J connectivity index is 2.21. The molecule has 0 unspecified atom stereocenters. The smallest absolute Gasteiger partial charge is 0.153 e. The van der Waals surface area contributed by atoms with Gasteiger partial charge >= 0.3 is 0 Å². The second kappa shape index (κ2) is 6.44. The first-order valence-electron chi connectivity index (χ1n) is 6.23. The third-order valence-electron chi connectivity index (χ3n) is 3.14. The van der Waals surface area contributed by atoms with E-state index in [4.69, 9.17) is 16.3 Å². The fourth-order valence-corrected chi connectivity index (χ4v) is 2.28. The maximum atomic E-state index is 11.2. The zero-order valence-corrected chi connectivity index (χ0v) is 12.2. The Kier molecular flexibility index (Phi) is 4.64. The highest BCUT2D eigenvalue weighted by Crippen LogP contribution is 2.26. The molecule has 0 fully saturated rings. The van der Waals surface area contributed by atoms with Crippen LogP contribution in [0.25, 0.3) is 0 Å². The molecule has 104 valence electrons. The molecular formula is C16H16ClNO2. The van der Waals surface area contributed by atoms with E-state index in [1.807, 2.05) is 48.3 Å². The lowest BCUT2D eigenvalue weighted by Gasteiger charge is -2.21. The average Bonchev–Trinajstić information content (AvgIpc) is 2.47. The molecule has 0 atom stereocenters. The van der Waals surface area contributed by atoms with E-state index in [2.05, 4.69) is 0 Å². The summed E-state index contributed by atoms with van der Waals surface area (Å²) in [6.07, 6.45) is 0.794. The van der Waals surface area contributed by atoms with Gasteiger partial charge in [-0.05, 0) is 29.8 Å². The van der Waals surface area contributed by atoms with Crippen LogP contribution >= 0.6 is 11.6 Å². The number of ether oxygens (including phenoxy) is 1. The van der Waals surface area contributed by atoms with Crippen molar-refractivity contribution in [2.75, 3.05) is 19.1 Å². The first-order chi connectivity index (χ1) is 9.65. The number of benzene rings is 2. The van der Waals surface area contributed by atoms with Crippen molar-refractivity contribution in [3.63, 3.8) is 0 Å². The summed E-state index contributed by atoms with van der Waals surface area (Å²) in [5.74, 6) is 0.827. The zero-order chi connectivity index (χ0) is 14.5. The van der Waals surface area contributed by atoms with E-state index in [-0.39, 0.29) is 0 Å². The minimum atomic E-state index is 0.471. The maximum absolute atomic E-state index is 11.2. The predicted molar refractivity (Wildman–Crippen MR) is 81.9 cm³/mol. The van der Waals surface area contributed by atoms with Crippen molar-refractivity contribution in [1.82, 2.24) is 0 Å². The van der Waals surface area contributed by atoms with E-state index in [0.29, 0.717) is 17.1 Å². The van der Waals surface area contributed by atoms with Gasteiger partial charge in [0.15, 0.2) is 6.29 Å². The molecule has 2 aromatic carbocycles. The van der Waals surface area contributed by atoms with Crippen LogP contribution in [0.2, 0.25) is 5.02 Å². The molecule has 0 bridgehead atoms. The number of halogens is 1. The summed E-state index contributed by atoms with van der Waals surface area (Å²) in [4.78, 5) is 13.2. The SMILES string of the molecule is COc1ccc(CN(C)c2cccc(Cl)c2C=O)cc1. The number of methoxy groups -OCH3 is 1. The fraction of sp³-hybridized carbons (Fsp3) is 0.188. The molecule has 0 heterocycles. The summed E-state index contributed by atoms with van der Waals surface area (Å²) >= 11 is 6.04. The summed E-state index contributed by atoms with van der Waals surface area (Å²) < 4.78 is 5.13. The summed E-state index contributed by atoms with van der Waals surface area (Å²) in [6.45, 7) is 0.686. The molecule has 0 spiro atoms. The van der Waals surface area contributed by atoms with Gasteiger partial charge in [-0.25, -0.2) is 0 Å². The molecule has 2 aromatic rings. The van der Waals surface area contributed by atoms with Crippen LogP contribution in [0.4, 0.5) is 5.69 Å². The molecule has 0 saturated carbocycles. The quantitative estimate of drug-likeness (QED) is 0.784. The normalized spacial score (nSPS) is 10.2. The van der Waals surface area contributed by atoms with E-state index in [1.54, 1.807) is 13.2 Å². The maximum Gasteiger partial charge on any atom is 0.153 e. The molecule has 0 aliphatic carbocycles. The Hall–Kier alpha value is -2.00. The van der Waals surface area contributed by atoms with Crippen LogP contribution in [0.5, 0.6) is 5.75 Å². The molecule has 0 radical (unpaired) electrons. The standard InChI is InChI=1S/C16H16ClNO2/c1-18(10-12-6-8-13(20-2)9-7-12)16-5-3-4-15(17)14(16)11-19/h3-9,11H,10H2,1-2H3. The van der Waals surface area contributed by atoms with Gasteiger partial charge in [-0.3, -0.25) is 4.79 Å². The van der Waals surface area contributed by atoms with Crippen molar-refractivity contribution in [2.24, 2.45) is 0 Å². The molecule has 3 nitrogen and oxygen atoms in total. The van der Waals surface area contributed by atoms with Gasteiger partial charge in [-0.15, -0.1) is 0 Å². The van der Waals surface area contributed by atoms with Crippen molar-refractivity contribution < 1.29 is 9.53 Å². The van der Waals surface area contributed by atoms with Gasteiger partial charge in [0.05, 0.1) is 17.7 Å². The van der Waals surface area contributed by atoms with Gasteiger partial charge in [0.2, 0.25) is 0 Å². The summed E-state index contributed by atoms with van der Waals surface area (Å²) in [5, 5.41) is 0.471. The Morgan fingerprint density at radius 2 is 1.90 bits per heavy atom. The van der Waals surface area contributed by atoms with E-state index in [9.17, 15) is 4.79 Å². The third kappa shape index (κ3) is 3.11. The van der Waals surface area contributed by atoms with Gasteiger partial charge in [0.25, 0.3) is 0 Å². The molecular weight excluding hydrogens is 274 g/mol. The number of aldehydes is 1. The van der Waals surface area contributed by atoms with Crippen molar-refractivity contribution in [3.8, 4) is 5.75 Å². The molecule has 4 heteroatoms. The second-order valence-corrected chi connectivity index (χ2v) is 4.90. The molecule has 0 aliphatic heterocycles. The van der Waals surface area contributed by atoms with Gasteiger partial charge < -0.3 is 9.64 Å². The van der Waals surface area contributed by atoms with E-state index in [1.165, 1.54) is 0 Å². The average molecular weight is 290 g/mol. The minimum Gasteiger partial charge on any atom is -0.497 e. The van der Waals surface area contributed by atoms with Crippen LogP contribution in [-0.2, 0) is 6.54 Å². The lowest BCUT2D eigenvalue weighted by atomic mass is 10.1. The van der Waals surface area contributed by atoms with Crippen LogP contribution in [0, 0.1) is 0 Å². The van der Waals surface area contributed by atoms with Crippen LogP contribution in [0.15, 0.2) is 42.5 Å². The van der Waals surface area contributed by atoms with Crippen LogP contribution < -0.4 is 9.64 Å². The lowest BCUT2D eigenvalue weighted by Crippen LogP contribution is -2.18. The topological polar surface area (TPSA) is 29.5 Å². The first-order valence-corrected chi connectivity index (χ1v) is 6.61. The summed E-state index contributed by atoms with van der Waals surface area (Å²) in [5.41, 5.74) is 2.47. The van der Waals surface area contributed by atoms with Gasteiger partial charge in [0, 0.05) is 19.3 Å². The number of anilines is 1. The van der Waals surface area contributed by atoms with Crippen LogP contribution in [0.1, 0.15) is 15.9 Å². The van der Waals surface area contributed by atoms with E-state index in [0.717, 1.165) is 23.3 Å². The Labute approximate surface area is 123 Å². The highest BCUT2D eigenvalue weighted by Gasteiger charge is 2.10. The lowest BCUT2D eigenvalue weighted by molar-refractivity contribution is 0.112. The summed E-state index contributed by atoms with van der Waals surface area (Å²) in [6, 6.07) is 13.3. The minimum absolute atomic E-state index is 0.471. The van der Waals surface area contributed by atoms with Gasteiger partial charge in [-0.2, -0.15) is 0 Å². The fourth-order valence-electron chi connectivity index (χ4n) is 2.07. The van der Waals surface area contributed by atoms with Crippen molar-refractivity contribution in [2.45, 2.75) is 6.54 Å². The summed E-state index contributed by atoms with van der Waals surface area (Å²) in [7, 11) is 3.58. The van der Waals surface area contributed by atoms with Crippen LogP contribution in [0.3, 0.4) is 0 Å². The molecule has 0 saturated heterocycles. The molecule has 0 aromatic heterocycles. The number of hydrogen-bond acceptors (Lipinski definition) is 3. The third-order valence-corrected chi connectivity index (χ3v) is 3.47. The van der Waals surface area contributed by atoms with Crippen molar-refractivity contribution in [1.29, 1.82) is 0 Å². The predicted octanol–water partition coefficient (Wildman–Crippen LogP) is 3.80. The first kappa shape index (κ1) is 14.4. The molecule has 20 heavy (non-hydrogen) atoms. The van der Waals surface area contributed by atoms with Gasteiger partial charge in [-0.1, -0.05) is 29.8 Å². The van der Waals surface area contributed by atoms with E-state index >= 15 is 0 Å². The Morgan fingerprint density at radius 3 is 2.50 bits per heavy atom. The molecule has 0 N–H and O–H groups in total. The van der Waals surface area contributed by atoms with Crippen molar-refractivity contribution in [3.05, 3.63) is 58.6 Å². The number of hydrogen-bond donors (Lipinski definition) is 0. The molecule has 0 amide bonds.